The third-order valence-electron chi connectivity index (χ3n) is 3.74. The zero-order chi connectivity index (χ0) is 18.4. The lowest BCUT2D eigenvalue weighted by Gasteiger charge is -2.19. The molecule has 5 nitrogen and oxygen atoms in total. The minimum Gasteiger partial charge on any atom is -0.493 e. The smallest absolute Gasteiger partial charge is 0.238 e. The van der Waals surface area contributed by atoms with Crippen LogP contribution in [0.25, 0.3) is 0 Å². The van der Waals surface area contributed by atoms with Crippen molar-refractivity contribution >= 4 is 23.2 Å². The Morgan fingerprint density at radius 2 is 1.96 bits per heavy atom. The fourth-order valence-corrected chi connectivity index (χ4v) is 2.86. The van der Waals surface area contributed by atoms with Gasteiger partial charge in [-0.05, 0) is 37.7 Å². The maximum absolute atomic E-state index is 12.3. The van der Waals surface area contributed by atoms with E-state index in [4.69, 9.17) is 21.1 Å². The molecular formula is C19H23ClN2O3. The van der Waals surface area contributed by atoms with E-state index in [1.54, 1.807) is 20.3 Å². The maximum Gasteiger partial charge on any atom is 0.238 e. The SMILES string of the molecule is COc1cccc(CN(C)CC(=O)Nc2ccc(C)cc2Cl)c1OC. The number of ether oxygens (including phenoxy) is 2. The van der Waals surface area contributed by atoms with Crippen LogP contribution in [0.4, 0.5) is 5.69 Å². The number of amides is 1. The summed E-state index contributed by atoms with van der Waals surface area (Å²) in [5.41, 5.74) is 2.61. The molecule has 0 heterocycles. The van der Waals surface area contributed by atoms with Crippen LogP contribution in [-0.2, 0) is 11.3 Å². The van der Waals surface area contributed by atoms with Crippen LogP contribution in [0.2, 0.25) is 5.02 Å². The molecule has 1 amide bonds. The van der Waals surface area contributed by atoms with Crippen molar-refractivity contribution in [3.8, 4) is 11.5 Å². The number of nitrogens with zero attached hydrogens (tertiary/aromatic N) is 1. The molecule has 0 fully saturated rings. The molecule has 0 unspecified atom stereocenters. The summed E-state index contributed by atoms with van der Waals surface area (Å²) < 4.78 is 10.7. The van der Waals surface area contributed by atoms with Crippen molar-refractivity contribution in [3.63, 3.8) is 0 Å². The Morgan fingerprint density at radius 1 is 1.20 bits per heavy atom. The van der Waals surface area contributed by atoms with Crippen LogP contribution >= 0.6 is 11.6 Å². The van der Waals surface area contributed by atoms with Gasteiger partial charge in [0, 0.05) is 12.1 Å². The summed E-state index contributed by atoms with van der Waals surface area (Å²) in [6.07, 6.45) is 0. The van der Waals surface area contributed by atoms with Crippen molar-refractivity contribution in [2.75, 3.05) is 33.1 Å². The Hall–Kier alpha value is -2.24. The van der Waals surface area contributed by atoms with Gasteiger partial charge in [0.2, 0.25) is 5.91 Å². The number of carbonyl (C=O) groups excluding carboxylic acids is 1. The molecule has 0 radical (unpaired) electrons. The molecule has 0 bridgehead atoms. The number of anilines is 1. The first-order chi connectivity index (χ1) is 11.9. The Kier molecular flexibility index (Phi) is 6.67. The molecule has 0 saturated heterocycles. The highest BCUT2D eigenvalue weighted by Gasteiger charge is 2.14. The van der Waals surface area contributed by atoms with E-state index in [1.807, 2.05) is 49.2 Å². The molecular weight excluding hydrogens is 340 g/mol. The second-order valence-corrected chi connectivity index (χ2v) is 6.26. The standard InChI is InChI=1S/C19H23ClN2O3/c1-13-8-9-16(15(20)10-13)21-18(23)12-22(2)11-14-6-5-7-17(24-3)19(14)25-4/h5-10H,11-12H2,1-4H3,(H,21,23). The number of carbonyl (C=O) groups is 1. The summed E-state index contributed by atoms with van der Waals surface area (Å²) in [6, 6.07) is 11.2. The number of halogens is 1. The fourth-order valence-electron chi connectivity index (χ4n) is 2.58. The second-order valence-electron chi connectivity index (χ2n) is 5.86. The first-order valence-corrected chi connectivity index (χ1v) is 8.26. The van der Waals surface area contributed by atoms with Crippen LogP contribution in [0, 0.1) is 6.92 Å². The molecule has 2 aromatic carbocycles. The predicted molar refractivity (Wildman–Crippen MR) is 101 cm³/mol. The van der Waals surface area contributed by atoms with E-state index in [-0.39, 0.29) is 12.5 Å². The lowest BCUT2D eigenvalue weighted by atomic mass is 10.1. The zero-order valence-electron chi connectivity index (χ0n) is 14.9. The minimum absolute atomic E-state index is 0.130. The van der Waals surface area contributed by atoms with Crippen LogP contribution in [0.1, 0.15) is 11.1 Å². The first kappa shape index (κ1) is 19.1. The van der Waals surface area contributed by atoms with Crippen molar-refractivity contribution in [1.82, 2.24) is 4.90 Å². The molecule has 6 heteroatoms. The summed E-state index contributed by atoms with van der Waals surface area (Å²) in [5, 5.41) is 3.37. The molecule has 0 spiro atoms. The van der Waals surface area contributed by atoms with Gasteiger partial charge in [0.15, 0.2) is 11.5 Å². The van der Waals surface area contributed by atoms with Crippen molar-refractivity contribution in [1.29, 1.82) is 0 Å². The van der Waals surface area contributed by atoms with Gasteiger partial charge in [0.1, 0.15) is 0 Å². The van der Waals surface area contributed by atoms with Gasteiger partial charge >= 0.3 is 0 Å². The van der Waals surface area contributed by atoms with Gasteiger partial charge in [-0.3, -0.25) is 9.69 Å². The summed E-state index contributed by atoms with van der Waals surface area (Å²) in [4.78, 5) is 14.2. The van der Waals surface area contributed by atoms with Crippen molar-refractivity contribution < 1.29 is 14.3 Å². The Bertz CT molecular complexity index is 749. The number of para-hydroxylation sites is 1. The van der Waals surface area contributed by atoms with Crippen LogP contribution in [0.5, 0.6) is 11.5 Å². The van der Waals surface area contributed by atoms with Crippen molar-refractivity contribution in [2.45, 2.75) is 13.5 Å². The molecule has 0 aliphatic heterocycles. The topological polar surface area (TPSA) is 50.8 Å². The number of nitrogens with one attached hydrogen (secondary N) is 1. The fraction of sp³-hybridized carbons (Fsp3) is 0.316. The van der Waals surface area contributed by atoms with E-state index in [9.17, 15) is 4.79 Å². The van der Waals surface area contributed by atoms with E-state index in [1.165, 1.54) is 0 Å². The van der Waals surface area contributed by atoms with E-state index in [2.05, 4.69) is 5.32 Å². The second kappa shape index (κ2) is 8.74. The normalized spacial score (nSPS) is 10.6. The lowest BCUT2D eigenvalue weighted by Crippen LogP contribution is -2.30. The number of aryl methyl sites for hydroxylation is 1. The summed E-state index contributed by atoms with van der Waals surface area (Å²) in [7, 11) is 5.08. The predicted octanol–water partition coefficient (Wildman–Crippen LogP) is 3.74. The number of rotatable bonds is 7. The summed E-state index contributed by atoms with van der Waals surface area (Å²) in [6.45, 7) is 2.73. The Morgan fingerprint density at radius 3 is 2.60 bits per heavy atom. The van der Waals surface area contributed by atoms with Crippen molar-refractivity contribution in [2.24, 2.45) is 0 Å². The monoisotopic (exact) mass is 362 g/mol. The average molecular weight is 363 g/mol. The van der Waals surface area contributed by atoms with Gasteiger partial charge in [-0.15, -0.1) is 0 Å². The van der Waals surface area contributed by atoms with E-state index in [0.29, 0.717) is 28.8 Å². The van der Waals surface area contributed by atoms with Crippen LogP contribution in [-0.4, -0.2) is 38.6 Å². The number of hydrogen-bond donors (Lipinski definition) is 1. The Labute approximate surface area is 153 Å². The third kappa shape index (κ3) is 5.11. The molecule has 2 aromatic rings. The summed E-state index contributed by atoms with van der Waals surface area (Å²) >= 11 is 6.15. The molecule has 2 rings (SSSR count). The number of methoxy groups -OCH3 is 2. The Balaban J connectivity index is 2.00. The maximum atomic E-state index is 12.3. The highest BCUT2D eigenvalue weighted by Crippen LogP contribution is 2.31. The molecule has 134 valence electrons. The van der Waals surface area contributed by atoms with Crippen molar-refractivity contribution in [3.05, 3.63) is 52.5 Å². The number of hydrogen-bond acceptors (Lipinski definition) is 4. The number of likely N-dealkylation sites (N-methyl/N-ethyl adjacent to an activating group) is 1. The third-order valence-corrected chi connectivity index (χ3v) is 4.05. The highest BCUT2D eigenvalue weighted by molar-refractivity contribution is 6.33. The van der Waals surface area contributed by atoms with Gasteiger partial charge in [0.25, 0.3) is 0 Å². The zero-order valence-corrected chi connectivity index (χ0v) is 15.7. The molecule has 0 aliphatic rings. The molecule has 1 N–H and O–H groups in total. The molecule has 0 saturated carbocycles. The highest BCUT2D eigenvalue weighted by atomic mass is 35.5. The van der Waals surface area contributed by atoms with Gasteiger partial charge < -0.3 is 14.8 Å². The number of benzene rings is 2. The molecule has 25 heavy (non-hydrogen) atoms. The first-order valence-electron chi connectivity index (χ1n) is 7.89. The molecule has 0 atom stereocenters. The van der Waals surface area contributed by atoms with E-state index >= 15 is 0 Å². The van der Waals surface area contributed by atoms with E-state index in [0.717, 1.165) is 11.1 Å². The molecule has 0 aliphatic carbocycles. The van der Waals surface area contributed by atoms with Gasteiger partial charge in [-0.25, -0.2) is 0 Å². The van der Waals surface area contributed by atoms with Gasteiger partial charge in [-0.2, -0.15) is 0 Å². The minimum atomic E-state index is -0.130. The van der Waals surface area contributed by atoms with Gasteiger partial charge in [-0.1, -0.05) is 29.8 Å². The summed E-state index contributed by atoms with van der Waals surface area (Å²) in [5.74, 6) is 1.22. The average Bonchev–Trinajstić information content (AvgIpc) is 2.57. The van der Waals surface area contributed by atoms with E-state index < -0.39 is 0 Å². The lowest BCUT2D eigenvalue weighted by molar-refractivity contribution is -0.117. The van der Waals surface area contributed by atoms with Crippen LogP contribution in [0.15, 0.2) is 36.4 Å². The largest absolute Gasteiger partial charge is 0.493 e. The van der Waals surface area contributed by atoms with Crippen LogP contribution in [0.3, 0.4) is 0 Å². The molecule has 0 aromatic heterocycles. The van der Waals surface area contributed by atoms with Crippen LogP contribution < -0.4 is 14.8 Å². The van der Waals surface area contributed by atoms with Gasteiger partial charge in [0.05, 0.1) is 31.5 Å². The quantitative estimate of drug-likeness (QED) is 0.815.